The summed E-state index contributed by atoms with van der Waals surface area (Å²) in [7, 11) is 0. The minimum Gasteiger partial charge on any atom is -0.408 e. The average molecular weight is 436 g/mol. The molecule has 2 heterocycles. The minimum absolute atomic E-state index is 0.0730. The number of hydrogen-bond donors (Lipinski definition) is 1. The molecule has 0 radical (unpaired) electrons. The van der Waals surface area contributed by atoms with E-state index >= 15 is 0 Å². The number of aliphatic imine (C=N–C) groups is 1. The van der Waals surface area contributed by atoms with Crippen LogP contribution in [0.3, 0.4) is 0 Å². The molecule has 5 nitrogen and oxygen atoms in total. The summed E-state index contributed by atoms with van der Waals surface area (Å²) < 4.78 is 87.8. The van der Waals surface area contributed by atoms with Crippen molar-refractivity contribution >= 4 is 11.7 Å². The molecule has 2 aliphatic heterocycles. The Kier molecular flexibility index (Phi) is 5.38. The smallest absolute Gasteiger partial charge is 0.408 e. The summed E-state index contributed by atoms with van der Waals surface area (Å²) >= 11 is 0. The van der Waals surface area contributed by atoms with Crippen LogP contribution in [0.2, 0.25) is 0 Å². The molecule has 0 fully saturated rings. The molecule has 3 rings (SSSR count). The van der Waals surface area contributed by atoms with E-state index in [1.165, 1.54) is 25.2 Å². The number of halogens is 6. The van der Waals surface area contributed by atoms with Crippen LogP contribution in [0.4, 0.5) is 26.3 Å². The summed E-state index contributed by atoms with van der Waals surface area (Å²) in [6.45, 7) is 1.33. The first-order chi connectivity index (χ1) is 13.8. The normalized spacial score (nSPS) is 26.1. The second kappa shape index (κ2) is 7.29. The maximum absolute atomic E-state index is 14.3. The van der Waals surface area contributed by atoms with Gasteiger partial charge in [0.1, 0.15) is 5.54 Å². The van der Waals surface area contributed by atoms with E-state index in [1.54, 1.807) is 0 Å². The van der Waals surface area contributed by atoms with Crippen molar-refractivity contribution in [3.8, 4) is 0 Å². The summed E-state index contributed by atoms with van der Waals surface area (Å²) in [6.07, 6.45) is -6.67. The lowest BCUT2D eigenvalue weighted by Crippen LogP contribution is -2.63. The number of ether oxygens (including phenoxy) is 1. The van der Waals surface area contributed by atoms with Crippen LogP contribution >= 0.6 is 0 Å². The molecule has 1 spiro atoms. The summed E-state index contributed by atoms with van der Waals surface area (Å²) in [6, 6.07) is 0. The molecule has 11 heteroatoms. The molecule has 30 heavy (non-hydrogen) atoms. The van der Waals surface area contributed by atoms with Crippen LogP contribution in [0, 0.1) is 5.92 Å². The van der Waals surface area contributed by atoms with Crippen molar-refractivity contribution in [1.29, 1.82) is 0 Å². The molecular weight excluding hydrogens is 418 g/mol. The van der Waals surface area contributed by atoms with Crippen LogP contribution in [0.1, 0.15) is 26.7 Å². The van der Waals surface area contributed by atoms with Crippen molar-refractivity contribution in [3.63, 3.8) is 0 Å². The number of esters is 1. The van der Waals surface area contributed by atoms with E-state index in [9.17, 15) is 36.2 Å². The molecule has 1 N–H and O–H groups in total. The number of aliphatic hydroxyl groups is 1. The van der Waals surface area contributed by atoms with E-state index in [4.69, 9.17) is 4.74 Å². The van der Waals surface area contributed by atoms with Crippen molar-refractivity contribution in [2.75, 3.05) is 6.61 Å². The predicted molar refractivity (Wildman–Crippen MR) is 93.7 cm³/mol. The van der Waals surface area contributed by atoms with Crippen LogP contribution < -0.4 is 0 Å². The van der Waals surface area contributed by atoms with Gasteiger partial charge in [0, 0.05) is 24.6 Å². The third kappa shape index (κ3) is 3.55. The van der Waals surface area contributed by atoms with E-state index in [1.807, 2.05) is 0 Å². The number of carbonyl (C=O) groups is 1. The van der Waals surface area contributed by atoms with Crippen LogP contribution in [-0.4, -0.2) is 46.3 Å². The van der Waals surface area contributed by atoms with Gasteiger partial charge in [-0.15, -0.1) is 0 Å². The van der Waals surface area contributed by atoms with Gasteiger partial charge in [0.2, 0.25) is 5.88 Å². The van der Waals surface area contributed by atoms with Gasteiger partial charge in [0.05, 0.1) is 18.7 Å². The summed E-state index contributed by atoms with van der Waals surface area (Å²) in [5, 5.41) is 9.80. The molecule has 164 valence electrons. The van der Waals surface area contributed by atoms with Crippen molar-refractivity contribution in [2.45, 2.75) is 44.7 Å². The molecule has 3 aliphatic rings. The highest BCUT2D eigenvalue weighted by molar-refractivity contribution is 6.11. The summed E-state index contributed by atoms with van der Waals surface area (Å²) in [5.41, 5.74) is -3.56. The largest absolute Gasteiger partial charge is 0.486 e. The molecule has 0 aromatic carbocycles. The summed E-state index contributed by atoms with van der Waals surface area (Å²) in [5.74, 6) is -2.74. The second-order valence-corrected chi connectivity index (χ2v) is 6.98. The van der Waals surface area contributed by atoms with Crippen LogP contribution in [0.5, 0.6) is 0 Å². The Hall–Kier alpha value is -2.56. The fourth-order valence-corrected chi connectivity index (χ4v) is 4.33. The zero-order valence-electron chi connectivity index (χ0n) is 15.9. The monoisotopic (exact) mass is 436 g/mol. The van der Waals surface area contributed by atoms with Crippen LogP contribution in [0.15, 0.2) is 52.0 Å². The number of rotatable bonds is 4. The Morgan fingerprint density at radius 2 is 1.97 bits per heavy atom. The van der Waals surface area contributed by atoms with Gasteiger partial charge in [-0.05, 0) is 23.6 Å². The Morgan fingerprint density at radius 3 is 2.47 bits per heavy atom. The van der Waals surface area contributed by atoms with Gasteiger partial charge < -0.3 is 9.84 Å². The van der Waals surface area contributed by atoms with Crippen molar-refractivity contribution in [1.82, 2.24) is 4.90 Å². The molecular formula is C19H18F6N2O3. The first-order valence-corrected chi connectivity index (χ1v) is 9.01. The van der Waals surface area contributed by atoms with Crippen molar-refractivity contribution < 1.29 is 41.0 Å². The van der Waals surface area contributed by atoms with Gasteiger partial charge in [-0.25, -0.2) is 4.99 Å². The molecule has 1 aliphatic carbocycles. The predicted octanol–water partition coefficient (Wildman–Crippen LogP) is 4.14. The van der Waals surface area contributed by atoms with E-state index < -0.39 is 54.5 Å². The Morgan fingerprint density at radius 1 is 1.30 bits per heavy atom. The molecule has 0 amide bonds. The third-order valence-corrected chi connectivity index (χ3v) is 5.18. The quantitative estimate of drug-likeness (QED) is 0.409. The first-order valence-electron chi connectivity index (χ1n) is 9.01. The highest BCUT2D eigenvalue weighted by Crippen LogP contribution is 2.55. The number of carbonyl (C=O) groups excluding carboxylic acids is 1. The highest BCUT2D eigenvalue weighted by atomic mass is 19.4. The molecule has 0 saturated heterocycles. The van der Waals surface area contributed by atoms with Crippen LogP contribution in [0.25, 0.3) is 0 Å². The molecule has 0 aromatic heterocycles. The molecule has 2 unspecified atom stereocenters. The van der Waals surface area contributed by atoms with Crippen molar-refractivity contribution in [3.05, 3.63) is 47.0 Å². The first kappa shape index (κ1) is 22.1. The second-order valence-electron chi connectivity index (χ2n) is 6.98. The van der Waals surface area contributed by atoms with Gasteiger partial charge in [-0.1, -0.05) is 19.1 Å². The van der Waals surface area contributed by atoms with Gasteiger partial charge in [-0.3, -0.25) is 9.69 Å². The van der Waals surface area contributed by atoms with Gasteiger partial charge in [0.25, 0.3) is 0 Å². The maximum Gasteiger partial charge on any atom is 0.486 e. The highest BCUT2D eigenvalue weighted by Gasteiger charge is 2.62. The van der Waals surface area contributed by atoms with Gasteiger partial charge >= 0.3 is 18.4 Å². The topological polar surface area (TPSA) is 62.1 Å². The fourth-order valence-electron chi connectivity index (χ4n) is 4.33. The van der Waals surface area contributed by atoms with E-state index in [0.29, 0.717) is 0 Å². The standard InChI is InChI=1S/C19H18F6N2O3/c1-3-11-12(7-18(20,21)22)13-5-4-6-15-17(13,8-16(26-15)30-10(2)29)27(14(11)9-28)19(23,24)25/h4-6,8,12,28H,3,7,9H2,1-2H3. The van der Waals surface area contributed by atoms with Gasteiger partial charge in [0.15, 0.2) is 0 Å². The Bertz CT molecular complexity index is 910. The third-order valence-electron chi connectivity index (χ3n) is 5.18. The number of aliphatic hydroxyl groups excluding tert-OH is 1. The van der Waals surface area contributed by atoms with E-state index in [-0.39, 0.29) is 28.2 Å². The van der Waals surface area contributed by atoms with E-state index in [0.717, 1.165) is 13.0 Å². The zero-order chi connectivity index (χ0) is 22.5. The number of alkyl halides is 6. The number of hydrogen-bond acceptors (Lipinski definition) is 5. The molecule has 0 bridgehead atoms. The molecule has 2 atom stereocenters. The zero-order valence-corrected chi connectivity index (χ0v) is 15.9. The lowest BCUT2D eigenvalue weighted by Gasteiger charge is -2.52. The summed E-state index contributed by atoms with van der Waals surface area (Å²) in [4.78, 5) is 15.2. The molecule has 0 saturated carbocycles. The molecule has 0 aromatic rings. The maximum atomic E-state index is 14.3. The fraction of sp³-hybridized carbons (Fsp3) is 0.474. The average Bonchev–Trinajstić information content (AvgIpc) is 2.94. The van der Waals surface area contributed by atoms with E-state index in [2.05, 4.69) is 4.99 Å². The number of allylic oxidation sites excluding steroid dienone is 3. The lowest BCUT2D eigenvalue weighted by atomic mass is 9.67. The van der Waals surface area contributed by atoms with Gasteiger partial charge in [-0.2, -0.15) is 26.3 Å². The Balaban J connectivity index is 2.35. The SMILES string of the molecule is CCC1=C(CO)N(C(F)(F)F)C23C=C(OC(C)=O)N=C2C=CC=C3C1CC(F)(F)F. The number of nitrogens with zero attached hydrogens (tertiary/aromatic N) is 2. The van der Waals surface area contributed by atoms with Crippen molar-refractivity contribution in [2.24, 2.45) is 10.9 Å². The lowest BCUT2D eigenvalue weighted by molar-refractivity contribution is -0.249. The Labute approximate surface area is 167 Å². The van der Waals surface area contributed by atoms with Crippen LogP contribution in [-0.2, 0) is 9.53 Å². The minimum atomic E-state index is -5.07.